The van der Waals surface area contributed by atoms with E-state index in [9.17, 15) is 0 Å². The van der Waals surface area contributed by atoms with Crippen LogP contribution in [0.5, 0.6) is 0 Å². The van der Waals surface area contributed by atoms with Crippen LogP contribution >= 0.6 is 0 Å². The first-order valence-corrected chi connectivity index (χ1v) is 7.57. The minimum absolute atomic E-state index is 0.529. The van der Waals surface area contributed by atoms with Crippen LogP contribution in [0.1, 0.15) is 20.3 Å². The normalized spacial score (nSPS) is 11.2. The largest absolute Gasteiger partial charge is 0.382 e. The lowest BCUT2D eigenvalue weighted by Gasteiger charge is -2.09. The number of anilines is 2. The smallest absolute Gasteiger partial charge is 0.153 e. The van der Waals surface area contributed by atoms with Gasteiger partial charge in [-0.2, -0.15) is 5.10 Å². The Kier molecular flexibility index (Phi) is 3.96. The third-order valence-electron chi connectivity index (χ3n) is 3.71. The summed E-state index contributed by atoms with van der Waals surface area (Å²) in [6.07, 6.45) is 2.96. The van der Waals surface area contributed by atoms with Crippen molar-refractivity contribution >= 4 is 22.5 Å². The van der Waals surface area contributed by atoms with Crippen molar-refractivity contribution in [3.8, 4) is 11.1 Å². The zero-order chi connectivity index (χ0) is 15.5. The highest BCUT2D eigenvalue weighted by atomic mass is 15.1. The van der Waals surface area contributed by atoms with Crippen molar-refractivity contribution < 1.29 is 0 Å². The lowest BCUT2D eigenvalue weighted by Crippen LogP contribution is -2.05. The van der Waals surface area contributed by atoms with Gasteiger partial charge in [-0.05, 0) is 47.7 Å². The van der Waals surface area contributed by atoms with Crippen LogP contribution < -0.4 is 11.1 Å². The number of H-pyrrole nitrogens is 1. The number of benzene rings is 1. The first-order valence-electron chi connectivity index (χ1n) is 7.57. The van der Waals surface area contributed by atoms with Gasteiger partial charge < -0.3 is 11.1 Å². The average Bonchev–Trinajstić information content (AvgIpc) is 2.88. The van der Waals surface area contributed by atoms with Gasteiger partial charge in [-0.1, -0.05) is 19.9 Å². The lowest BCUT2D eigenvalue weighted by molar-refractivity contribution is 0.606. The lowest BCUT2D eigenvalue weighted by atomic mass is 10.0. The molecule has 0 saturated heterocycles. The van der Waals surface area contributed by atoms with Crippen molar-refractivity contribution in [1.82, 2.24) is 15.2 Å². The zero-order valence-corrected chi connectivity index (χ0v) is 12.9. The summed E-state index contributed by atoms with van der Waals surface area (Å²) in [6.45, 7) is 5.37. The highest BCUT2D eigenvalue weighted by Crippen LogP contribution is 2.27. The van der Waals surface area contributed by atoms with Crippen LogP contribution in [0.4, 0.5) is 11.6 Å². The molecule has 0 amide bonds. The van der Waals surface area contributed by atoms with Gasteiger partial charge in [0.1, 0.15) is 5.82 Å². The molecule has 3 rings (SSSR count). The van der Waals surface area contributed by atoms with E-state index in [0.29, 0.717) is 11.7 Å². The zero-order valence-electron chi connectivity index (χ0n) is 12.9. The molecule has 0 aliphatic rings. The number of nitrogens with one attached hydrogen (secondary N) is 2. The Labute approximate surface area is 130 Å². The van der Waals surface area contributed by atoms with Gasteiger partial charge in [0, 0.05) is 18.1 Å². The number of nitrogens with two attached hydrogens (primary N) is 1. The van der Waals surface area contributed by atoms with E-state index in [-0.39, 0.29) is 0 Å². The molecule has 0 bridgehead atoms. The number of nitrogen functional groups attached to an aromatic ring is 1. The molecule has 0 aliphatic heterocycles. The number of aromatic nitrogens is 3. The molecule has 0 spiro atoms. The molecular formula is C17H21N5. The summed E-state index contributed by atoms with van der Waals surface area (Å²) in [5.41, 5.74) is 9.05. The minimum Gasteiger partial charge on any atom is -0.382 e. The SMILES string of the molecule is CC(C)CCNc1cc(-c2ccc3[nH]nc(N)c3c2)ccn1. The number of rotatable bonds is 5. The Morgan fingerprint density at radius 2 is 2.00 bits per heavy atom. The Morgan fingerprint density at radius 3 is 2.82 bits per heavy atom. The van der Waals surface area contributed by atoms with Crippen molar-refractivity contribution in [1.29, 1.82) is 0 Å². The number of pyridine rings is 1. The number of fused-ring (bicyclic) bond motifs is 1. The number of aromatic amines is 1. The second-order valence-electron chi connectivity index (χ2n) is 5.91. The van der Waals surface area contributed by atoms with Crippen molar-refractivity contribution in [3.05, 3.63) is 36.5 Å². The maximum absolute atomic E-state index is 5.88. The number of hydrogen-bond donors (Lipinski definition) is 3. The molecule has 2 aromatic heterocycles. The van der Waals surface area contributed by atoms with Gasteiger partial charge in [-0.3, -0.25) is 5.10 Å². The fraction of sp³-hybridized carbons (Fsp3) is 0.294. The van der Waals surface area contributed by atoms with Crippen molar-refractivity contribution in [2.45, 2.75) is 20.3 Å². The molecule has 5 heteroatoms. The predicted molar refractivity (Wildman–Crippen MR) is 91.7 cm³/mol. The molecule has 0 atom stereocenters. The topological polar surface area (TPSA) is 79.6 Å². The van der Waals surface area contributed by atoms with E-state index in [1.165, 1.54) is 0 Å². The Bertz CT molecular complexity index is 776. The van der Waals surface area contributed by atoms with Gasteiger partial charge in [-0.25, -0.2) is 4.98 Å². The summed E-state index contributed by atoms with van der Waals surface area (Å²) in [4.78, 5) is 4.38. The summed E-state index contributed by atoms with van der Waals surface area (Å²) < 4.78 is 0. The van der Waals surface area contributed by atoms with Gasteiger partial charge in [0.15, 0.2) is 5.82 Å². The fourth-order valence-corrected chi connectivity index (χ4v) is 2.41. The third-order valence-corrected chi connectivity index (χ3v) is 3.71. The highest BCUT2D eigenvalue weighted by Gasteiger charge is 2.06. The van der Waals surface area contributed by atoms with Gasteiger partial charge in [-0.15, -0.1) is 0 Å². The third kappa shape index (κ3) is 3.03. The van der Waals surface area contributed by atoms with Crippen LogP contribution in [0, 0.1) is 5.92 Å². The minimum atomic E-state index is 0.529. The van der Waals surface area contributed by atoms with Crippen LogP contribution in [0.15, 0.2) is 36.5 Å². The monoisotopic (exact) mass is 295 g/mol. The summed E-state index contributed by atoms with van der Waals surface area (Å²) in [5, 5.41) is 11.3. The molecule has 2 heterocycles. The Balaban J connectivity index is 1.85. The summed E-state index contributed by atoms with van der Waals surface area (Å²) in [6, 6.07) is 10.2. The second kappa shape index (κ2) is 6.05. The van der Waals surface area contributed by atoms with E-state index < -0.39 is 0 Å². The van der Waals surface area contributed by atoms with Crippen LogP contribution in [-0.4, -0.2) is 21.7 Å². The van der Waals surface area contributed by atoms with Crippen molar-refractivity contribution in [3.63, 3.8) is 0 Å². The van der Waals surface area contributed by atoms with Gasteiger partial charge in [0.05, 0.1) is 5.52 Å². The molecule has 0 fully saturated rings. The molecule has 22 heavy (non-hydrogen) atoms. The molecule has 3 aromatic rings. The number of nitrogens with zero attached hydrogens (tertiary/aromatic N) is 2. The van der Waals surface area contributed by atoms with Crippen molar-refractivity contribution in [2.75, 3.05) is 17.6 Å². The summed E-state index contributed by atoms with van der Waals surface area (Å²) in [5.74, 6) is 2.11. The quantitative estimate of drug-likeness (QED) is 0.671. The van der Waals surface area contributed by atoms with E-state index in [2.05, 4.69) is 52.5 Å². The number of hydrogen-bond acceptors (Lipinski definition) is 4. The summed E-state index contributed by atoms with van der Waals surface area (Å²) >= 11 is 0. The summed E-state index contributed by atoms with van der Waals surface area (Å²) in [7, 11) is 0. The van der Waals surface area contributed by atoms with E-state index in [1.54, 1.807) is 0 Å². The molecule has 0 unspecified atom stereocenters. The average molecular weight is 295 g/mol. The highest BCUT2D eigenvalue weighted by molar-refractivity contribution is 5.92. The van der Waals surface area contributed by atoms with Gasteiger partial charge in [0.25, 0.3) is 0 Å². The molecule has 5 nitrogen and oxygen atoms in total. The molecule has 0 radical (unpaired) electrons. The van der Waals surface area contributed by atoms with Crippen LogP contribution in [0.3, 0.4) is 0 Å². The molecular weight excluding hydrogens is 274 g/mol. The molecule has 0 aliphatic carbocycles. The van der Waals surface area contributed by atoms with E-state index in [0.717, 1.165) is 40.8 Å². The van der Waals surface area contributed by atoms with E-state index in [1.807, 2.05) is 18.3 Å². The molecule has 1 aromatic carbocycles. The Hall–Kier alpha value is -2.56. The van der Waals surface area contributed by atoms with Crippen LogP contribution in [-0.2, 0) is 0 Å². The maximum Gasteiger partial charge on any atom is 0.153 e. The second-order valence-corrected chi connectivity index (χ2v) is 5.91. The first-order chi connectivity index (χ1) is 10.6. The Morgan fingerprint density at radius 1 is 1.18 bits per heavy atom. The van der Waals surface area contributed by atoms with Crippen molar-refractivity contribution in [2.24, 2.45) is 5.92 Å². The van der Waals surface area contributed by atoms with E-state index >= 15 is 0 Å². The van der Waals surface area contributed by atoms with Gasteiger partial charge >= 0.3 is 0 Å². The van der Waals surface area contributed by atoms with Gasteiger partial charge in [0.2, 0.25) is 0 Å². The van der Waals surface area contributed by atoms with E-state index in [4.69, 9.17) is 5.73 Å². The fourth-order valence-electron chi connectivity index (χ4n) is 2.41. The molecule has 114 valence electrons. The molecule has 4 N–H and O–H groups in total. The van der Waals surface area contributed by atoms with Crippen LogP contribution in [0.25, 0.3) is 22.0 Å². The maximum atomic E-state index is 5.88. The predicted octanol–water partition coefficient (Wildman–Crippen LogP) is 3.67. The standard InChI is InChI=1S/C17H21N5/c1-11(2)5-7-19-16-10-13(6-8-20-16)12-3-4-15-14(9-12)17(18)22-21-15/h3-4,6,8-11H,5,7H2,1-2H3,(H,19,20)(H3,18,21,22). The first kappa shape index (κ1) is 14.4. The molecule has 0 saturated carbocycles. The van der Waals surface area contributed by atoms with Crippen LogP contribution in [0.2, 0.25) is 0 Å².